The number of unbranched alkanes of at least 4 members (excludes halogenated alkanes) is 2. The highest BCUT2D eigenvalue weighted by Gasteiger charge is 2.13. The van der Waals surface area contributed by atoms with E-state index >= 15 is 0 Å². The van der Waals surface area contributed by atoms with E-state index in [-0.39, 0.29) is 0 Å². The van der Waals surface area contributed by atoms with Crippen LogP contribution in [-0.4, -0.2) is 44.7 Å². The fraction of sp³-hybridized carbons (Fsp3) is 0.647. The van der Waals surface area contributed by atoms with Crippen molar-refractivity contribution < 1.29 is 0 Å². The Hall–Kier alpha value is -1.06. The lowest BCUT2D eigenvalue weighted by molar-refractivity contribution is 0.313. The van der Waals surface area contributed by atoms with Gasteiger partial charge in [0, 0.05) is 38.4 Å². The Bertz CT molecular complexity index is 366. The molecule has 0 spiro atoms. The summed E-state index contributed by atoms with van der Waals surface area (Å²) in [5, 5.41) is 3.52. The molecule has 0 bridgehead atoms. The lowest BCUT2D eigenvalue weighted by atomic mass is 10.1. The molecule has 112 valence electrons. The maximum absolute atomic E-state index is 3.52. The van der Waals surface area contributed by atoms with Gasteiger partial charge in [-0.2, -0.15) is 0 Å². The van der Waals surface area contributed by atoms with Crippen molar-refractivity contribution in [1.29, 1.82) is 0 Å². The molecule has 3 heteroatoms. The molecule has 0 aliphatic carbocycles. The summed E-state index contributed by atoms with van der Waals surface area (Å²) in [5.41, 5.74) is 2.76. The van der Waals surface area contributed by atoms with E-state index in [0.717, 1.165) is 26.2 Å². The van der Waals surface area contributed by atoms with Gasteiger partial charge in [-0.05, 0) is 37.7 Å². The second-order valence-electron chi connectivity index (χ2n) is 5.84. The maximum Gasteiger partial charge on any atom is 0.0367 e. The minimum atomic E-state index is 0.993. The molecule has 0 amide bonds. The van der Waals surface area contributed by atoms with Gasteiger partial charge in [-0.15, -0.1) is 0 Å². The first-order valence-electron chi connectivity index (χ1n) is 8.02. The SMILES string of the molecule is CCCCCNCc1ccc(N2CCN(C)CC2)cc1. The average molecular weight is 275 g/mol. The van der Waals surface area contributed by atoms with Crippen LogP contribution in [0, 0.1) is 0 Å². The van der Waals surface area contributed by atoms with Crippen LogP contribution in [0.3, 0.4) is 0 Å². The molecule has 0 aromatic heterocycles. The Morgan fingerprint density at radius 1 is 1.00 bits per heavy atom. The summed E-state index contributed by atoms with van der Waals surface area (Å²) in [6, 6.07) is 9.07. The molecule has 2 rings (SSSR count). The number of anilines is 1. The lowest BCUT2D eigenvalue weighted by Gasteiger charge is -2.34. The van der Waals surface area contributed by atoms with Crippen LogP contribution in [0.15, 0.2) is 24.3 Å². The lowest BCUT2D eigenvalue weighted by Crippen LogP contribution is -2.44. The molecular weight excluding hydrogens is 246 g/mol. The first-order valence-corrected chi connectivity index (χ1v) is 8.02. The van der Waals surface area contributed by atoms with E-state index in [4.69, 9.17) is 0 Å². The average Bonchev–Trinajstić information content (AvgIpc) is 2.49. The Balaban J connectivity index is 1.75. The van der Waals surface area contributed by atoms with Gasteiger partial charge in [0.2, 0.25) is 0 Å². The van der Waals surface area contributed by atoms with E-state index in [0.29, 0.717) is 0 Å². The first kappa shape index (κ1) is 15.3. The van der Waals surface area contributed by atoms with Crippen molar-refractivity contribution in [2.75, 3.05) is 44.7 Å². The maximum atomic E-state index is 3.52. The van der Waals surface area contributed by atoms with Gasteiger partial charge in [0.15, 0.2) is 0 Å². The predicted octanol–water partition coefficient (Wildman–Crippen LogP) is 2.72. The number of hydrogen-bond donors (Lipinski definition) is 1. The Kier molecular flexibility index (Phi) is 6.34. The highest BCUT2D eigenvalue weighted by molar-refractivity contribution is 5.48. The second-order valence-corrected chi connectivity index (χ2v) is 5.84. The van der Waals surface area contributed by atoms with Crippen molar-refractivity contribution in [2.45, 2.75) is 32.7 Å². The molecule has 0 atom stereocenters. The molecular formula is C17H29N3. The van der Waals surface area contributed by atoms with Crippen LogP contribution in [0.1, 0.15) is 31.7 Å². The summed E-state index contributed by atoms with van der Waals surface area (Å²) >= 11 is 0. The van der Waals surface area contributed by atoms with Crippen LogP contribution >= 0.6 is 0 Å². The van der Waals surface area contributed by atoms with Gasteiger partial charge in [-0.3, -0.25) is 0 Å². The van der Waals surface area contributed by atoms with Gasteiger partial charge >= 0.3 is 0 Å². The summed E-state index contributed by atoms with van der Waals surface area (Å²) < 4.78 is 0. The minimum absolute atomic E-state index is 0.993. The number of nitrogens with zero attached hydrogens (tertiary/aromatic N) is 2. The van der Waals surface area contributed by atoms with Crippen molar-refractivity contribution in [3.05, 3.63) is 29.8 Å². The number of benzene rings is 1. The Labute approximate surface area is 124 Å². The van der Waals surface area contributed by atoms with Gasteiger partial charge < -0.3 is 15.1 Å². The van der Waals surface area contributed by atoms with Crippen molar-refractivity contribution in [1.82, 2.24) is 10.2 Å². The Morgan fingerprint density at radius 3 is 2.35 bits per heavy atom. The summed E-state index contributed by atoms with van der Waals surface area (Å²) in [6.45, 7) is 9.00. The molecule has 0 radical (unpaired) electrons. The van der Waals surface area contributed by atoms with Gasteiger partial charge in [-0.1, -0.05) is 31.9 Å². The van der Waals surface area contributed by atoms with Gasteiger partial charge in [-0.25, -0.2) is 0 Å². The van der Waals surface area contributed by atoms with E-state index in [9.17, 15) is 0 Å². The van der Waals surface area contributed by atoms with Crippen molar-refractivity contribution >= 4 is 5.69 Å². The van der Waals surface area contributed by atoms with E-state index < -0.39 is 0 Å². The van der Waals surface area contributed by atoms with Crippen LogP contribution in [-0.2, 0) is 6.54 Å². The highest BCUT2D eigenvalue weighted by Crippen LogP contribution is 2.17. The smallest absolute Gasteiger partial charge is 0.0367 e. The van der Waals surface area contributed by atoms with E-state index in [1.807, 2.05) is 0 Å². The monoisotopic (exact) mass is 275 g/mol. The number of piperazine rings is 1. The van der Waals surface area contributed by atoms with Crippen molar-refractivity contribution in [3.8, 4) is 0 Å². The molecule has 1 aliphatic rings. The number of rotatable bonds is 7. The summed E-state index contributed by atoms with van der Waals surface area (Å²) in [6.07, 6.45) is 3.91. The number of likely N-dealkylation sites (N-methyl/N-ethyl adjacent to an activating group) is 1. The van der Waals surface area contributed by atoms with Gasteiger partial charge in [0.25, 0.3) is 0 Å². The zero-order valence-corrected chi connectivity index (χ0v) is 13.1. The fourth-order valence-corrected chi connectivity index (χ4v) is 2.62. The standard InChI is InChI=1S/C17H29N3/c1-3-4-5-10-18-15-16-6-8-17(9-7-16)20-13-11-19(2)12-14-20/h6-9,18H,3-5,10-15H2,1-2H3. The number of nitrogens with one attached hydrogen (secondary N) is 1. The molecule has 1 fully saturated rings. The predicted molar refractivity (Wildman–Crippen MR) is 87.4 cm³/mol. The molecule has 3 nitrogen and oxygen atoms in total. The molecule has 1 aromatic carbocycles. The van der Waals surface area contributed by atoms with Gasteiger partial charge in [0.05, 0.1) is 0 Å². The van der Waals surface area contributed by atoms with Crippen LogP contribution in [0.4, 0.5) is 5.69 Å². The second kappa shape index (κ2) is 8.28. The van der Waals surface area contributed by atoms with Crippen LogP contribution < -0.4 is 10.2 Å². The zero-order chi connectivity index (χ0) is 14.2. The summed E-state index contributed by atoms with van der Waals surface area (Å²) in [7, 11) is 2.20. The summed E-state index contributed by atoms with van der Waals surface area (Å²) in [5.74, 6) is 0. The number of hydrogen-bond acceptors (Lipinski definition) is 3. The van der Waals surface area contributed by atoms with Crippen LogP contribution in [0.5, 0.6) is 0 Å². The zero-order valence-electron chi connectivity index (χ0n) is 13.1. The molecule has 0 saturated carbocycles. The topological polar surface area (TPSA) is 18.5 Å². The largest absolute Gasteiger partial charge is 0.369 e. The first-order chi connectivity index (χ1) is 9.79. The van der Waals surface area contributed by atoms with Crippen molar-refractivity contribution in [3.63, 3.8) is 0 Å². The third-order valence-electron chi connectivity index (χ3n) is 4.09. The quantitative estimate of drug-likeness (QED) is 0.772. The van der Waals surface area contributed by atoms with E-state index in [2.05, 4.69) is 53.4 Å². The summed E-state index contributed by atoms with van der Waals surface area (Å²) in [4.78, 5) is 4.88. The molecule has 1 saturated heterocycles. The highest BCUT2D eigenvalue weighted by atomic mass is 15.2. The molecule has 0 unspecified atom stereocenters. The fourth-order valence-electron chi connectivity index (χ4n) is 2.62. The van der Waals surface area contributed by atoms with Crippen LogP contribution in [0.2, 0.25) is 0 Å². The molecule has 1 N–H and O–H groups in total. The van der Waals surface area contributed by atoms with E-state index in [1.54, 1.807) is 0 Å². The Morgan fingerprint density at radius 2 is 1.70 bits per heavy atom. The minimum Gasteiger partial charge on any atom is -0.369 e. The van der Waals surface area contributed by atoms with Crippen molar-refractivity contribution in [2.24, 2.45) is 0 Å². The molecule has 1 aliphatic heterocycles. The van der Waals surface area contributed by atoms with Crippen LogP contribution in [0.25, 0.3) is 0 Å². The molecule has 1 aromatic rings. The normalized spacial score (nSPS) is 16.6. The van der Waals surface area contributed by atoms with E-state index in [1.165, 1.54) is 43.6 Å². The molecule has 1 heterocycles. The molecule has 20 heavy (non-hydrogen) atoms. The third-order valence-corrected chi connectivity index (χ3v) is 4.09. The third kappa shape index (κ3) is 4.80. The van der Waals surface area contributed by atoms with Gasteiger partial charge in [0.1, 0.15) is 0 Å².